The number of aryl methyl sites for hydroxylation is 1. The minimum atomic E-state index is -0.0495. The number of para-hydroxylation sites is 1. The average Bonchev–Trinajstić information content (AvgIpc) is 2.53. The predicted molar refractivity (Wildman–Crippen MR) is 88.9 cm³/mol. The SMILES string of the molecule is COc1cccc(-c2c(Br)c(=O)n(C)c3ccccc23)c1. The summed E-state index contributed by atoms with van der Waals surface area (Å²) >= 11 is 3.46. The number of fused-ring (bicyclic) bond motifs is 1. The van der Waals surface area contributed by atoms with Crippen LogP contribution in [0.4, 0.5) is 0 Å². The van der Waals surface area contributed by atoms with Crippen LogP contribution in [-0.2, 0) is 7.05 Å². The fourth-order valence-electron chi connectivity index (χ4n) is 2.52. The molecule has 0 saturated heterocycles. The van der Waals surface area contributed by atoms with Crippen LogP contribution >= 0.6 is 15.9 Å². The van der Waals surface area contributed by atoms with Gasteiger partial charge in [-0.05, 0) is 39.7 Å². The Morgan fingerprint density at radius 2 is 1.86 bits per heavy atom. The second kappa shape index (κ2) is 5.37. The summed E-state index contributed by atoms with van der Waals surface area (Å²) in [4.78, 5) is 12.4. The zero-order valence-electron chi connectivity index (χ0n) is 11.8. The Hall–Kier alpha value is -2.07. The lowest BCUT2D eigenvalue weighted by Crippen LogP contribution is -2.18. The van der Waals surface area contributed by atoms with Crippen LogP contribution in [0, 0.1) is 0 Å². The molecule has 0 amide bonds. The Kier molecular flexibility index (Phi) is 3.55. The maximum Gasteiger partial charge on any atom is 0.265 e. The van der Waals surface area contributed by atoms with E-state index in [1.165, 1.54) is 0 Å². The van der Waals surface area contributed by atoms with Gasteiger partial charge >= 0.3 is 0 Å². The number of aromatic nitrogens is 1. The van der Waals surface area contributed by atoms with Gasteiger partial charge in [0.05, 0.1) is 17.1 Å². The van der Waals surface area contributed by atoms with E-state index in [2.05, 4.69) is 15.9 Å². The lowest BCUT2D eigenvalue weighted by molar-refractivity contribution is 0.415. The molecule has 21 heavy (non-hydrogen) atoms. The molecule has 0 bridgehead atoms. The molecule has 0 saturated carbocycles. The van der Waals surface area contributed by atoms with Gasteiger partial charge in [0.15, 0.2) is 0 Å². The van der Waals surface area contributed by atoms with Gasteiger partial charge < -0.3 is 9.30 Å². The fourth-order valence-corrected chi connectivity index (χ4v) is 3.23. The molecule has 0 aliphatic carbocycles. The number of halogens is 1. The van der Waals surface area contributed by atoms with Crippen molar-refractivity contribution < 1.29 is 4.74 Å². The van der Waals surface area contributed by atoms with Gasteiger partial charge in [0, 0.05) is 18.0 Å². The van der Waals surface area contributed by atoms with Crippen LogP contribution in [0.5, 0.6) is 5.75 Å². The molecule has 0 aliphatic rings. The molecule has 0 spiro atoms. The third-order valence-electron chi connectivity index (χ3n) is 3.61. The van der Waals surface area contributed by atoms with Crippen molar-refractivity contribution in [1.29, 1.82) is 0 Å². The number of hydrogen-bond donors (Lipinski definition) is 0. The molecule has 0 aliphatic heterocycles. The third kappa shape index (κ3) is 2.25. The molecule has 106 valence electrons. The molecule has 3 rings (SSSR count). The molecule has 1 heterocycles. The zero-order valence-corrected chi connectivity index (χ0v) is 13.3. The van der Waals surface area contributed by atoms with Crippen LogP contribution in [0.15, 0.2) is 57.8 Å². The minimum Gasteiger partial charge on any atom is -0.497 e. The van der Waals surface area contributed by atoms with E-state index < -0.39 is 0 Å². The highest BCUT2D eigenvalue weighted by atomic mass is 79.9. The largest absolute Gasteiger partial charge is 0.497 e. The van der Waals surface area contributed by atoms with Crippen LogP contribution in [0.25, 0.3) is 22.0 Å². The van der Waals surface area contributed by atoms with Gasteiger partial charge in [-0.2, -0.15) is 0 Å². The Morgan fingerprint density at radius 1 is 1.10 bits per heavy atom. The van der Waals surface area contributed by atoms with Gasteiger partial charge in [-0.1, -0.05) is 30.3 Å². The second-order valence-electron chi connectivity index (χ2n) is 4.80. The summed E-state index contributed by atoms with van der Waals surface area (Å²) in [7, 11) is 3.42. The smallest absolute Gasteiger partial charge is 0.265 e. The van der Waals surface area contributed by atoms with Crippen molar-refractivity contribution >= 4 is 26.8 Å². The monoisotopic (exact) mass is 343 g/mol. The molecule has 0 N–H and O–H groups in total. The zero-order chi connectivity index (χ0) is 15.0. The van der Waals surface area contributed by atoms with E-state index in [0.717, 1.165) is 27.8 Å². The van der Waals surface area contributed by atoms with E-state index in [1.807, 2.05) is 48.5 Å². The normalized spacial score (nSPS) is 10.8. The summed E-state index contributed by atoms with van der Waals surface area (Å²) in [5.41, 5.74) is 2.71. The van der Waals surface area contributed by atoms with E-state index in [0.29, 0.717) is 4.47 Å². The first-order chi connectivity index (χ1) is 10.1. The van der Waals surface area contributed by atoms with Crippen molar-refractivity contribution in [2.75, 3.05) is 7.11 Å². The lowest BCUT2D eigenvalue weighted by Gasteiger charge is -2.13. The average molecular weight is 344 g/mol. The molecule has 3 nitrogen and oxygen atoms in total. The maximum atomic E-state index is 12.4. The van der Waals surface area contributed by atoms with Crippen molar-refractivity contribution in [3.63, 3.8) is 0 Å². The van der Waals surface area contributed by atoms with Crippen molar-refractivity contribution in [3.05, 3.63) is 63.4 Å². The minimum absolute atomic E-state index is 0.0495. The maximum absolute atomic E-state index is 12.4. The number of benzene rings is 2. The number of rotatable bonds is 2. The van der Waals surface area contributed by atoms with E-state index in [1.54, 1.807) is 18.7 Å². The summed E-state index contributed by atoms with van der Waals surface area (Å²) in [5.74, 6) is 0.768. The molecule has 4 heteroatoms. The van der Waals surface area contributed by atoms with E-state index in [9.17, 15) is 4.79 Å². The lowest BCUT2D eigenvalue weighted by atomic mass is 10.0. The van der Waals surface area contributed by atoms with Crippen LogP contribution in [0.1, 0.15) is 0 Å². The van der Waals surface area contributed by atoms with Crippen LogP contribution in [0.2, 0.25) is 0 Å². The van der Waals surface area contributed by atoms with Gasteiger partial charge in [0.25, 0.3) is 5.56 Å². The summed E-state index contributed by atoms with van der Waals surface area (Å²) in [6.45, 7) is 0. The van der Waals surface area contributed by atoms with Gasteiger partial charge in [0.1, 0.15) is 5.75 Å². The third-order valence-corrected chi connectivity index (χ3v) is 4.34. The predicted octanol–water partition coefficient (Wildman–Crippen LogP) is 3.98. The first-order valence-corrected chi connectivity index (χ1v) is 7.34. The standard InChI is InChI=1S/C17H14BrNO2/c1-19-14-9-4-3-8-13(14)15(16(18)17(19)20)11-6-5-7-12(10-11)21-2/h3-10H,1-2H3. The molecule has 0 atom stereocenters. The summed E-state index contributed by atoms with van der Waals surface area (Å²) in [5, 5.41) is 1.03. The molecule has 2 aromatic carbocycles. The Bertz CT molecular complexity index is 884. The molecule has 0 unspecified atom stereocenters. The van der Waals surface area contributed by atoms with Gasteiger partial charge in [-0.15, -0.1) is 0 Å². The Morgan fingerprint density at radius 3 is 2.62 bits per heavy atom. The summed E-state index contributed by atoms with van der Waals surface area (Å²) in [6, 6.07) is 15.6. The highest BCUT2D eigenvalue weighted by Gasteiger charge is 2.14. The topological polar surface area (TPSA) is 31.2 Å². The fraction of sp³-hybridized carbons (Fsp3) is 0.118. The van der Waals surface area contributed by atoms with E-state index in [4.69, 9.17) is 4.74 Å². The Labute approximate surface area is 130 Å². The summed E-state index contributed by atoms with van der Waals surface area (Å²) in [6.07, 6.45) is 0. The number of pyridine rings is 1. The first-order valence-electron chi connectivity index (χ1n) is 6.55. The molecular formula is C17H14BrNO2. The molecule has 3 aromatic rings. The molecule has 0 radical (unpaired) electrons. The van der Waals surface area contributed by atoms with E-state index in [-0.39, 0.29) is 5.56 Å². The quantitative estimate of drug-likeness (QED) is 0.704. The van der Waals surface area contributed by atoms with Crippen LogP contribution in [-0.4, -0.2) is 11.7 Å². The first kappa shape index (κ1) is 13.9. The van der Waals surface area contributed by atoms with Crippen LogP contribution in [0.3, 0.4) is 0 Å². The second-order valence-corrected chi connectivity index (χ2v) is 5.60. The highest BCUT2D eigenvalue weighted by Crippen LogP contribution is 2.34. The molecule has 1 aromatic heterocycles. The van der Waals surface area contributed by atoms with Crippen molar-refractivity contribution in [3.8, 4) is 16.9 Å². The molecular weight excluding hydrogens is 330 g/mol. The van der Waals surface area contributed by atoms with Crippen molar-refractivity contribution in [1.82, 2.24) is 4.57 Å². The van der Waals surface area contributed by atoms with Gasteiger partial charge in [-0.25, -0.2) is 0 Å². The van der Waals surface area contributed by atoms with Gasteiger partial charge in [0.2, 0.25) is 0 Å². The highest BCUT2D eigenvalue weighted by molar-refractivity contribution is 9.10. The molecule has 0 fully saturated rings. The number of nitrogens with zero attached hydrogens (tertiary/aromatic N) is 1. The number of ether oxygens (including phenoxy) is 1. The van der Waals surface area contributed by atoms with E-state index >= 15 is 0 Å². The Balaban J connectivity index is 2.44. The number of hydrogen-bond acceptors (Lipinski definition) is 2. The number of methoxy groups -OCH3 is 1. The summed E-state index contributed by atoms with van der Waals surface area (Å²) < 4.78 is 7.51. The van der Waals surface area contributed by atoms with Gasteiger partial charge in [-0.3, -0.25) is 4.79 Å². The van der Waals surface area contributed by atoms with Crippen LogP contribution < -0.4 is 10.3 Å². The van der Waals surface area contributed by atoms with Crippen molar-refractivity contribution in [2.24, 2.45) is 7.05 Å². The van der Waals surface area contributed by atoms with Crippen molar-refractivity contribution in [2.45, 2.75) is 0 Å².